The van der Waals surface area contributed by atoms with Gasteiger partial charge in [0.25, 0.3) is 0 Å². The summed E-state index contributed by atoms with van der Waals surface area (Å²) in [6.07, 6.45) is 3.95. The zero-order valence-electron chi connectivity index (χ0n) is 5.78. The fourth-order valence-electron chi connectivity index (χ4n) is 0.285. The van der Waals surface area contributed by atoms with Crippen molar-refractivity contribution in [3.05, 3.63) is 37.5 Å². The lowest BCUT2D eigenvalue weighted by Gasteiger charge is -1.75. The Morgan fingerprint density at radius 1 is 1.38 bits per heavy atom. The van der Waals surface area contributed by atoms with E-state index in [1.807, 2.05) is 26.0 Å². The topological polar surface area (TPSA) is 0 Å². The second-order valence-electron chi connectivity index (χ2n) is 1.35. The summed E-state index contributed by atoms with van der Waals surface area (Å²) >= 11 is 0. The molecule has 0 saturated carbocycles. The maximum atomic E-state index is 3.66. The Hall–Kier alpha value is -0.780. The minimum absolute atomic E-state index is 1.11. The Morgan fingerprint density at radius 2 is 1.75 bits per heavy atom. The standard InChI is InChI=1S/C6H10.C2H4/c1-4-5-6(2)3;1-2/h4-5H,2H2,1,3H3;1-2H2/b5-4-;. The van der Waals surface area contributed by atoms with E-state index in [1.165, 1.54) is 0 Å². The van der Waals surface area contributed by atoms with Gasteiger partial charge in [-0.05, 0) is 13.8 Å². The molecule has 0 aromatic heterocycles. The van der Waals surface area contributed by atoms with Crippen molar-refractivity contribution in [1.82, 2.24) is 0 Å². The Labute approximate surface area is 52.2 Å². The third-order valence-electron chi connectivity index (χ3n) is 0.451. The number of rotatable bonds is 1. The van der Waals surface area contributed by atoms with Crippen molar-refractivity contribution in [3.8, 4) is 0 Å². The van der Waals surface area contributed by atoms with Crippen LogP contribution in [0.3, 0.4) is 0 Å². The lowest BCUT2D eigenvalue weighted by molar-refractivity contribution is 1.54. The molecule has 0 heteroatoms. The van der Waals surface area contributed by atoms with E-state index in [0.29, 0.717) is 0 Å². The van der Waals surface area contributed by atoms with E-state index < -0.39 is 0 Å². The van der Waals surface area contributed by atoms with E-state index >= 15 is 0 Å². The first-order valence-corrected chi connectivity index (χ1v) is 2.55. The number of hydrogen-bond donors (Lipinski definition) is 0. The number of allylic oxidation sites excluding steroid dienone is 3. The average Bonchev–Trinajstić information content (AvgIpc) is 1.72. The Balaban J connectivity index is 0. The Kier molecular flexibility index (Phi) is 12.2. The molecule has 8 heavy (non-hydrogen) atoms. The van der Waals surface area contributed by atoms with Gasteiger partial charge in [0.05, 0.1) is 0 Å². The summed E-state index contributed by atoms with van der Waals surface area (Å²) in [5.74, 6) is 0. The summed E-state index contributed by atoms with van der Waals surface area (Å²) < 4.78 is 0. The molecular formula is C8H14. The van der Waals surface area contributed by atoms with Crippen LogP contribution >= 0.6 is 0 Å². The minimum Gasteiger partial charge on any atom is -0.106 e. The molecule has 0 nitrogen and oxygen atoms in total. The molecule has 0 atom stereocenters. The van der Waals surface area contributed by atoms with E-state index in [2.05, 4.69) is 19.7 Å². The zero-order valence-corrected chi connectivity index (χ0v) is 5.78. The molecule has 0 heterocycles. The molecule has 0 radical (unpaired) electrons. The largest absolute Gasteiger partial charge is 0.106 e. The van der Waals surface area contributed by atoms with Crippen molar-refractivity contribution < 1.29 is 0 Å². The van der Waals surface area contributed by atoms with E-state index in [1.54, 1.807) is 0 Å². The van der Waals surface area contributed by atoms with Gasteiger partial charge >= 0.3 is 0 Å². The highest BCUT2D eigenvalue weighted by Gasteiger charge is 1.63. The van der Waals surface area contributed by atoms with Gasteiger partial charge in [-0.15, -0.1) is 13.2 Å². The summed E-state index contributed by atoms with van der Waals surface area (Å²) in [6.45, 7) is 13.6. The summed E-state index contributed by atoms with van der Waals surface area (Å²) in [5, 5.41) is 0. The molecule has 0 aliphatic carbocycles. The second kappa shape index (κ2) is 9.52. The van der Waals surface area contributed by atoms with Crippen LogP contribution < -0.4 is 0 Å². The van der Waals surface area contributed by atoms with Gasteiger partial charge in [-0.3, -0.25) is 0 Å². The van der Waals surface area contributed by atoms with Crippen LogP contribution in [0.1, 0.15) is 13.8 Å². The number of hydrogen-bond acceptors (Lipinski definition) is 0. The van der Waals surface area contributed by atoms with Crippen LogP contribution in [0.4, 0.5) is 0 Å². The van der Waals surface area contributed by atoms with Crippen LogP contribution in [0.5, 0.6) is 0 Å². The van der Waals surface area contributed by atoms with Gasteiger partial charge in [-0.25, -0.2) is 0 Å². The highest BCUT2D eigenvalue weighted by Crippen LogP contribution is 1.85. The van der Waals surface area contributed by atoms with Crippen molar-refractivity contribution in [2.45, 2.75) is 13.8 Å². The normalized spacial score (nSPS) is 7.75. The van der Waals surface area contributed by atoms with Crippen molar-refractivity contribution in [2.75, 3.05) is 0 Å². The van der Waals surface area contributed by atoms with Crippen LogP contribution in [0.15, 0.2) is 37.5 Å². The van der Waals surface area contributed by atoms with Crippen molar-refractivity contribution >= 4 is 0 Å². The van der Waals surface area contributed by atoms with Gasteiger partial charge in [-0.2, -0.15) is 0 Å². The molecule has 0 saturated heterocycles. The molecule has 0 aliphatic heterocycles. The average molecular weight is 110 g/mol. The maximum Gasteiger partial charge on any atom is -0.0404 e. The molecule has 0 fully saturated rings. The van der Waals surface area contributed by atoms with Gasteiger partial charge in [0, 0.05) is 0 Å². The quantitative estimate of drug-likeness (QED) is 0.359. The maximum absolute atomic E-state index is 3.66. The summed E-state index contributed by atoms with van der Waals surface area (Å²) in [4.78, 5) is 0. The lowest BCUT2D eigenvalue weighted by Crippen LogP contribution is -1.54. The molecule has 0 aromatic rings. The molecule has 46 valence electrons. The smallest absolute Gasteiger partial charge is 0.0404 e. The van der Waals surface area contributed by atoms with Gasteiger partial charge in [-0.1, -0.05) is 24.3 Å². The highest BCUT2D eigenvalue weighted by molar-refractivity contribution is 5.09. The van der Waals surface area contributed by atoms with Gasteiger partial charge in [0.2, 0.25) is 0 Å². The van der Waals surface area contributed by atoms with Gasteiger partial charge in [0.1, 0.15) is 0 Å². The van der Waals surface area contributed by atoms with Crippen LogP contribution in [0.25, 0.3) is 0 Å². The first-order valence-electron chi connectivity index (χ1n) is 2.55. The molecule has 0 aromatic carbocycles. The van der Waals surface area contributed by atoms with E-state index in [0.717, 1.165) is 5.57 Å². The first-order chi connectivity index (χ1) is 3.77. The molecule has 0 spiro atoms. The molecule has 0 amide bonds. The molecule has 0 rings (SSSR count). The third-order valence-corrected chi connectivity index (χ3v) is 0.451. The SMILES string of the molecule is C=C.C=C(C)/C=C\C. The highest BCUT2D eigenvalue weighted by atomic mass is 13.7. The van der Waals surface area contributed by atoms with Crippen LogP contribution in [-0.2, 0) is 0 Å². The summed E-state index contributed by atoms with van der Waals surface area (Å²) in [5.41, 5.74) is 1.11. The van der Waals surface area contributed by atoms with Crippen LogP contribution in [0, 0.1) is 0 Å². The molecule has 0 N–H and O–H groups in total. The van der Waals surface area contributed by atoms with Crippen molar-refractivity contribution in [3.63, 3.8) is 0 Å². The van der Waals surface area contributed by atoms with E-state index in [-0.39, 0.29) is 0 Å². The molecule has 0 aliphatic rings. The predicted molar refractivity (Wildman–Crippen MR) is 40.9 cm³/mol. The fraction of sp³-hybridized carbons (Fsp3) is 0.250. The van der Waals surface area contributed by atoms with E-state index in [9.17, 15) is 0 Å². The second-order valence-corrected chi connectivity index (χ2v) is 1.35. The predicted octanol–water partition coefficient (Wildman–Crippen LogP) is 2.94. The van der Waals surface area contributed by atoms with Crippen LogP contribution in [0.2, 0.25) is 0 Å². The lowest BCUT2D eigenvalue weighted by atomic mass is 10.3. The summed E-state index contributed by atoms with van der Waals surface area (Å²) in [7, 11) is 0. The molecule has 0 bridgehead atoms. The zero-order chi connectivity index (χ0) is 6.99. The Morgan fingerprint density at radius 3 is 1.75 bits per heavy atom. The molecule has 0 unspecified atom stereocenters. The third kappa shape index (κ3) is 18.9. The van der Waals surface area contributed by atoms with Gasteiger partial charge in [0.15, 0.2) is 0 Å². The van der Waals surface area contributed by atoms with Gasteiger partial charge < -0.3 is 0 Å². The van der Waals surface area contributed by atoms with Crippen molar-refractivity contribution in [2.24, 2.45) is 0 Å². The summed E-state index contributed by atoms with van der Waals surface area (Å²) in [6, 6.07) is 0. The molecular weight excluding hydrogens is 96.1 g/mol. The minimum atomic E-state index is 1.11. The van der Waals surface area contributed by atoms with Crippen molar-refractivity contribution in [1.29, 1.82) is 0 Å². The van der Waals surface area contributed by atoms with Crippen LogP contribution in [-0.4, -0.2) is 0 Å². The van der Waals surface area contributed by atoms with E-state index in [4.69, 9.17) is 0 Å². The monoisotopic (exact) mass is 110 g/mol. The first kappa shape index (κ1) is 10.3. The Bertz CT molecular complexity index is 78.0. The fourth-order valence-corrected chi connectivity index (χ4v) is 0.285.